The van der Waals surface area contributed by atoms with E-state index in [-0.39, 0.29) is 11.4 Å². The molecule has 1 atom stereocenters. The second kappa shape index (κ2) is 4.91. The Morgan fingerprint density at radius 2 is 2.00 bits per heavy atom. The summed E-state index contributed by atoms with van der Waals surface area (Å²) in [6.07, 6.45) is -1.30. The van der Waals surface area contributed by atoms with Crippen molar-refractivity contribution in [1.29, 1.82) is 0 Å². The molecule has 1 N–H and O–H groups in total. The zero-order valence-electron chi connectivity index (χ0n) is 11.9. The minimum absolute atomic E-state index is 0.201. The van der Waals surface area contributed by atoms with E-state index in [1.807, 2.05) is 0 Å². The molecule has 7 heteroatoms. The van der Waals surface area contributed by atoms with Crippen LogP contribution in [-0.2, 0) is 0 Å². The van der Waals surface area contributed by atoms with Gasteiger partial charge >= 0.3 is 6.18 Å². The smallest absolute Gasteiger partial charge is 0.359 e. The summed E-state index contributed by atoms with van der Waals surface area (Å²) in [5, 5.41) is 4.09. The van der Waals surface area contributed by atoms with E-state index in [0.29, 0.717) is 15.5 Å². The van der Waals surface area contributed by atoms with Crippen LogP contribution in [-0.4, -0.2) is 18.8 Å². The minimum Gasteiger partial charge on any atom is -0.359 e. The molecule has 1 aromatic carbocycles. The molecule has 3 rings (SSSR count). The van der Waals surface area contributed by atoms with Gasteiger partial charge in [-0.3, -0.25) is 0 Å². The second-order valence-corrected chi connectivity index (χ2v) is 5.84. The van der Waals surface area contributed by atoms with Gasteiger partial charge in [0.25, 0.3) is 0 Å². The Labute approximate surface area is 129 Å². The van der Waals surface area contributed by atoms with E-state index in [4.69, 9.17) is 11.6 Å². The normalized spacial score (nSPS) is 20.1. The van der Waals surface area contributed by atoms with Gasteiger partial charge in [-0.1, -0.05) is 11.6 Å². The Morgan fingerprint density at radius 3 is 2.64 bits per heavy atom. The van der Waals surface area contributed by atoms with Crippen LogP contribution in [0.25, 0.3) is 10.6 Å². The van der Waals surface area contributed by atoms with Crippen molar-refractivity contribution in [2.45, 2.75) is 26.1 Å². The lowest BCUT2D eigenvalue weighted by Crippen LogP contribution is -2.39. The van der Waals surface area contributed by atoms with Gasteiger partial charge in [0.2, 0.25) is 0 Å². The average Bonchev–Trinajstić information content (AvgIpc) is 2.63. The van der Waals surface area contributed by atoms with Gasteiger partial charge in [-0.2, -0.15) is 13.2 Å². The Hall–Kier alpha value is -1.69. The molecule has 2 nitrogen and oxygen atoms in total. The molecule has 0 aliphatic carbocycles. The lowest BCUT2D eigenvalue weighted by molar-refractivity contribution is -0.120. The third-order valence-electron chi connectivity index (χ3n) is 4.10. The van der Waals surface area contributed by atoms with Gasteiger partial charge in [-0.25, -0.2) is 4.39 Å². The first kappa shape index (κ1) is 15.2. The summed E-state index contributed by atoms with van der Waals surface area (Å²) < 4.78 is 52.7. The monoisotopic (exact) mass is 332 g/mol. The quantitative estimate of drug-likeness (QED) is 0.795. The maximum atomic E-state index is 14.3. The van der Waals surface area contributed by atoms with Gasteiger partial charge in [0.05, 0.1) is 10.7 Å². The number of nitrogens with zero attached hydrogens (tertiary/aromatic N) is 1. The highest BCUT2D eigenvalue weighted by Crippen LogP contribution is 2.30. The number of halogens is 5. The highest BCUT2D eigenvalue weighted by atomic mass is 35.5. The zero-order valence-corrected chi connectivity index (χ0v) is 12.6. The number of alkyl halides is 3. The molecule has 1 unspecified atom stereocenters. The number of nitrogens with one attached hydrogen (secondary N) is 1. The molecule has 2 aliphatic rings. The van der Waals surface area contributed by atoms with E-state index in [2.05, 4.69) is 5.32 Å². The fraction of sp³-hybridized carbons (Fsp3) is 0.333. The van der Waals surface area contributed by atoms with Crippen LogP contribution in [0.3, 0.4) is 0 Å². The van der Waals surface area contributed by atoms with E-state index in [9.17, 15) is 17.6 Å². The molecule has 0 bridgehead atoms. The van der Waals surface area contributed by atoms with Gasteiger partial charge < -0.3 is 10.2 Å². The minimum atomic E-state index is -4.37. The summed E-state index contributed by atoms with van der Waals surface area (Å²) in [6, 6.07) is 0.668. The lowest BCUT2D eigenvalue weighted by Gasteiger charge is -2.27. The van der Waals surface area contributed by atoms with E-state index < -0.39 is 24.6 Å². The third kappa shape index (κ3) is 2.26. The van der Waals surface area contributed by atoms with E-state index >= 15 is 0 Å². The van der Waals surface area contributed by atoms with E-state index in [1.54, 1.807) is 19.9 Å². The Balaban J connectivity index is 2.33. The van der Waals surface area contributed by atoms with Crippen LogP contribution in [0, 0.1) is 5.82 Å². The fourth-order valence-corrected chi connectivity index (χ4v) is 3.24. The summed E-state index contributed by atoms with van der Waals surface area (Å²) in [4.78, 5) is 1.16. The highest BCUT2D eigenvalue weighted by molar-refractivity contribution is 6.47. The van der Waals surface area contributed by atoms with Crippen LogP contribution in [0.4, 0.5) is 28.9 Å². The molecule has 118 valence electrons. The molecule has 0 spiro atoms. The SMILES string of the molecule is CC1=c2c(cc(F)c3c2=C(Cl)C=CN3)N(CC(F)(F)F)C1C. The maximum Gasteiger partial charge on any atom is 0.405 e. The first-order chi connectivity index (χ1) is 10.2. The zero-order chi connectivity index (χ0) is 16.2. The van der Waals surface area contributed by atoms with Crippen LogP contribution in [0.2, 0.25) is 0 Å². The second-order valence-electron chi connectivity index (χ2n) is 5.43. The van der Waals surface area contributed by atoms with Crippen molar-refractivity contribution in [3.8, 4) is 0 Å². The number of allylic oxidation sites excluding steroid dienone is 1. The largest absolute Gasteiger partial charge is 0.405 e. The average molecular weight is 333 g/mol. The van der Waals surface area contributed by atoms with Crippen molar-refractivity contribution in [2.75, 3.05) is 16.8 Å². The van der Waals surface area contributed by atoms with Crippen LogP contribution in [0.1, 0.15) is 13.8 Å². The number of fused-ring (bicyclic) bond motifs is 3. The Kier molecular flexibility index (Phi) is 3.40. The van der Waals surface area contributed by atoms with Crippen molar-refractivity contribution in [3.05, 3.63) is 34.6 Å². The van der Waals surface area contributed by atoms with Gasteiger partial charge in [-0.05, 0) is 25.5 Å². The summed E-state index contributed by atoms with van der Waals surface area (Å²) >= 11 is 6.17. The first-order valence-electron chi connectivity index (χ1n) is 6.70. The maximum absolute atomic E-state index is 14.3. The summed E-state index contributed by atoms with van der Waals surface area (Å²) in [6.45, 7) is 2.30. The summed E-state index contributed by atoms with van der Waals surface area (Å²) in [5.74, 6) is -0.620. The first-order valence-corrected chi connectivity index (χ1v) is 7.08. The molecule has 22 heavy (non-hydrogen) atoms. The molecule has 2 heterocycles. The summed E-state index contributed by atoms with van der Waals surface area (Å²) in [5.41, 5.74) is 1.17. The Bertz CT molecular complexity index is 795. The number of hydrogen-bond acceptors (Lipinski definition) is 2. The molecule has 0 saturated heterocycles. The number of anilines is 2. The highest BCUT2D eigenvalue weighted by Gasteiger charge is 2.37. The lowest BCUT2D eigenvalue weighted by atomic mass is 10.1. The molecule has 0 radical (unpaired) electrons. The summed E-state index contributed by atoms with van der Waals surface area (Å²) in [7, 11) is 0. The van der Waals surface area contributed by atoms with Crippen LogP contribution >= 0.6 is 11.6 Å². The number of benzene rings is 1. The van der Waals surface area contributed by atoms with Gasteiger partial charge in [0, 0.05) is 34.4 Å². The molecule has 0 saturated carbocycles. The fourth-order valence-electron chi connectivity index (χ4n) is 2.99. The molecular weight excluding hydrogens is 320 g/mol. The van der Waals surface area contributed by atoms with Crippen molar-refractivity contribution in [3.63, 3.8) is 0 Å². The van der Waals surface area contributed by atoms with Crippen molar-refractivity contribution in [1.82, 2.24) is 0 Å². The molecule has 0 fully saturated rings. The van der Waals surface area contributed by atoms with Crippen molar-refractivity contribution >= 4 is 33.6 Å². The Morgan fingerprint density at radius 1 is 1.32 bits per heavy atom. The van der Waals surface area contributed by atoms with Crippen LogP contribution in [0.15, 0.2) is 18.3 Å². The van der Waals surface area contributed by atoms with Crippen LogP contribution in [0.5, 0.6) is 0 Å². The molecule has 0 aromatic heterocycles. The van der Waals surface area contributed by atoms with Crippen molar-refractivity contribution < 1.29 is 17.6 Å². The van der Waals surface area contributed by atoms with E-state index in [0.717, 1.165) is 16.5 Å². The van der Waals surface area contributed by atoms with Gasteiger partial charge in [0.15, 0.2) is 0 Å². The van der Waals surface area contributed by atoms with Crippen LogP contribution < -0.4 is 20.7 Å². The van der Waals surface area contributed by atoms with Gasteiger partial charge in [0.1, 0.15) is 12.4 Å². The molecule has 0 amide bonds. The van der Waals surface area contributed by atoms with E-state index in [1.165, 1.54) is 6.20 Å². The van der Waals surface area contributed by atoms with Gasteiger partial charge in [-0.15, -0.1) is 0 Å². The predicted octanol–water partition coefficient (Wildman–Crippen LogP) is 3.05. The van der Waals surface area contributed by atoms with Crippen molar-refractivity contribution in [2.24, 2.45) is 0 Å². The number of hydrogen-bond donors (Lipinski definition) is 1. The molecule has 1 aromatic rings. The standard InChI is InChI=1S/C15H13ClF4N2/c1-7-8(2)22(6-15(18,19)20)11-5-10(17)14-13(12(7)11)9(16)3-4-21-14/h3-5,8,21H,6H2,1-2H3. The molecule has 2 aliphatic heterocycles. The number of rotatable bonds is 1. The third-order valence-corrected chi connectivity index (χ3v) is 4.42. The molecular formula is C15H13ClF4N2. The topological polar surface area (TPSA) is 15.3 Å². The predicted molar refractivity (Wildman–Crippen MR) is 79.6 cm³/mol.